The highest BCUT2D eigenvalue weighted by atomic mass is 19.4. The molecular weight excluding hydrogens is 151 g/mol. The quantitative estimate of drug-likeness (QED) is 0.614. The van der Waals surface area contributed by atoms with Crippen LogP contribution in [0.3, 0.4) is 0 Å². The van der Waals surface area contributed by atoms with Gasteiger partial charge in [0.25, 0.3) is 0 Å². The lowest BCUT2D eigenvalue weighted by Crippen LogP contribution is -2.17. The minimum absolute atomic E-state index is 0.799. The molecule has 1 rings (SSSR count). The maximum absolute atomic E-state index is 11.3. The fourth-order valence-electron chi connectivity index (χ4n) is 0.360. The summed E-state index contributed by atoms with van der Waals surface area (Å²) in [6, 6.07) is 0. The summed E-state index contributed by atoms with van der Waals surface area (Å²) in [6.45, 7) is 0. The van der Waals surface area contributed by atoms with E-state index >= 15 is 0 Å². The lowest BCUT2D eigenvalue weighted by molar-refractivity contribution is -0.282. The van der Waals surface area contributed by atoms with Gasteiger partial charge in [0.05, 0.1) is 6.20 Å². The van der Waals surface area contributed by atoms with E-state index < -0.39 is 12.4 Å². The molecule has 0 N–H and O–H groups in total. The Morgan fingerprint density at radius 3 is 2.60 bits per heavy atom. The zero-order valence-corrected chi connectivity index (χ0v) is 4.55. The van der Waals surface area contributed by atoms with E-state index in [0.717, 1.165) is 12.5 Å². The van der Waals surface area contributed by atoms with Crippen molar-refractivity contribution < 1.29 is 22.3 Å². The van der Waals surface area contributed by atoms with Crippen molar-refractivity contribution in [2.45, 2.75) is 6.36 Å². The van der Waals surface area contributed by atoms with Crippen molar-refractivity contribution in [1.82, 2.24) is 4.98 Å². The molecule has 10 heavy (non-hydrogen) atoms. The Hall–Kier alpha value is -1.20. The second-order valence-electron chi connectivity index (χ2n) is 1.35. The first-order chi connectivity index (χ1) is 4.58. The van der Waals surface area contributed by atoms with Crippen LogP contribution in [-0.2, 0) is 0 Å². The summed E-state index contributed by atoms with van der Waals surface area (Å²) >= 11 is 0. The highest BCUT2D eigenvalue weighted by molar-refractivity contribution is 4.84. The van der Waals surface area contributed by atoms with Crippen molar-refractivity contribution in [3.63, 3.8) is 0 Å². The number of ether oxygens (including phenoxy) is 1. The van der Waals surface area contributed by atoms with Crippen molar-refractivity contribution >= 4 is 0 Å². The molecule has 1 aromatic rings. The number of hydrogen-bond donors (Lipinski definition) is 0. The van der Waals surface area contributed by atoms with E-state index in [2.05, 4.69) is 14.1 Å². The van der Waals surface area contributed by atoms with Gasteiger partial charge in [0, 0.05) is 0 Å². The molecule has 0 saturated heterocycles. The molecule has 0 fully saturated rings. The molecule has 0 aromatic carbocycles. The van der Waals surface area contributed by atoms with Crippen LogP contribution in [0, 0.1) is 0 Å². The molecule has 0 atom stereocenters. The fourth-order valence-corrected chi connectivity index (χ4v) is 0.360. The lowest BCUT2D eigenvalue weighted by Gasteiger charge is -2.01. The van der Waals surface area contributed by atoms with E-state index in [0.29, 0.717) is 0 Å². The number of halogens is 3. The maximum Gasteiger partial charge on any atom is 0.576 e. The van der Waals surface area contributed by atoms with Crippen LogP contribution in [0.15, 0.2) is 16.9 Å². The highest BCUT2D eigenvalue weighted by Gasteiger charge is 2.33. The molecule has 0 spiro atoms. The number of rotatable bonds is 1. The van der Waals surface area contributed by atoms with E-state index in [-0.39, 0.29) is 0 Å². The first kappa shape index (κ1) is 6.91. The maximum atomic E-state index is 11.3. The van der Waals surface area contributed by atoms with Crippen LogP contribution < -0.4 is 4.74 Å². The Labute approximate surface area is 53.4 Å². The van der Waals surface area contributed by atoms with Gasteiger partial charge >= 0.3 is 12.4 Å². The normalized spacial score (nSPS) is 11.5. The minimum Gasteiger partial charge on any atom is -0.417 e. The molecule has 56 valence electrons. The monoisotopic (exact) mass is 153 g/mol. The van der Waals surface area contributed by atoms with Crippen LogP contribution >= 0.6 is 0 Å². The highest BCUT2D eigenvalue weighted by Crippen LogP contribution is 2.19. The van der Waals surface area contributed by atoms with E-state index in [1.807, 2.05) is 0 Å². The number of nitrogens with zero attached hydrogens (tertiary/aromatic N) is 1. The van der Waals surface area contributed by atoms with Crippen LogP contribution in [0.5, 0.6) is 6.08 Å². The summed E-state index contributed by atoms with van der Waals surface area (Å²) in [5.41, 5.74) is 0. The first-order valence-electron chi connectivity index (χ1n) is 2.23. The summed E-state index contributed by atoms with van der Waals surface area (Å²) in [6.07, 6.45) is -3.49. The largest absolute Gasteiger partial charge is 0.576 e. The van der Waals surface area contributed by atoms with Gasteiger partial charge in [-0.05, 0) is 0 Å². The summed E-state index contributed by atoms with van der Waals surface area (Å²) < 4.78 is 41.3. The summed E-state index contributed by atoms with van der Waals surface area (Å²) in [5.74, 6) is 0. The Balaban J connectivity index is 2.57. The Kier molecular flexibility index (Phi) is 1.52. The van der Waals surface area contributed by atoms with Crippen LogP contribution in [0.4, 0.5) is 13.2 Å². The third kappa shape index (κ3) is 1.96. The molecule has 0 aliphatic heterocycles. The van der Waals surface area contributed by atoms with Crippen LogP contribution in [0.25, 0.3) is 0 Å². The van der Waals surface area contributed by atoms with E-state index in [9.17, 15) is 13.2 Å². The second kappa shape index (κ2) is 2.20. The molecule has 0 saturated carbocycles. The van der Waals surface area contributed by atoms with Gasteiger partial charge in [0.15, 0.2) is 0 Å². The van der Waals surface area contributed by atoms with Crippen molar-refractivity contribution in [3.8, 4) is 6.08 Å². The first-order valence-corrected chi connectivity index (χ1v) is 2.23. The third-order valence-corrected chi connectivity index (χ3v) is 0.613. The predicted octanol–water partition coefficient (Wildman–Crippen LogP) is 1.57. The molecule has 0 amide bonds. The smallest absolute Gasteiger partial charge is 0.417 e. The van der Waals surface area contributed by atoms with Crippen molar-refractivity contribution in [2.75, 3.05) is 0 Å². The SMILES string of the molecule is FC(F)(F)Oc1ncco1. The number of alkyl halides is 3. The Morgan fingerprint density at radius 1 is 1.50 bits per heavy atom. The Morgan fingerprint density at radius 2 is 2.20 bits per heavy atom. The van der Waals surface area contributed by atoms with Crippen molar-refractivity contribution in [1.29, 1.82) is 0 Å². The molecule has 6 heteroatoms. The van der Waals surface area contributed by atoms with Gasteiger partial charge in [-0.3, -0.25) is 0 Å². The minimum atomic E-state index is -4.73. The van der Waals surface area contributed by atoms with Gasteiger partial charge in [0.1, 0.15) is 6.26 Å². The Bertz CT molecular complexity index is 193. The molecule has 0 aliphatic carbocycles. The molecule has 1 aromatic heterocycles. The van der Waals surface area contributed by atoms with Gasteiger partial charge < -0.3 is 9.15 Å². The zero-order valence-electron chi connectivity index (χ0n) is 4.55. The topological polar surface area (TPSA) is 35.3 Å². The molecule has 0 bridgehead atoms. The second-order valence-corrected chi connectivity index (χ2v) is 1.35. The van der Waals surface area contributed by atoms with Crippen LogP contribution in [0.1, 0.15) is 0 Å². The van der Waals surface area contributed by atoms with Gasteiger partial charge in [-0.2, -0.15) is 4.98 Å². The van der Waals surface area contributed by atoms with Crippen LogP contribution in [0.2, 0.25) is 0 Å². The third-order valence-electron chi connectivity index (χ3n) is 0.613. The fraction of sp³-hybridized carbons (Fsp3) is 0.250. The predicted molar refractivity (Wildman–Crippen MR) is 23.2 cm³/mol. The van der Waals surface area contributed by atoms with E-state index in [1.54, 1.807) is 0 Å². The zero-order chi connectivity index (χ0) is 7.61. The summed E-state index contributed by atoms with van der Waals surface area (Å²) in [4.78, 5) is 3.09. The standard InChI is InChI=1S/C4H2F3NO2/c5-4(6,7)10-3-8-1-2-9-3/h1-2H. The average molecular weight is 153 g/mol. The average Bonchev–Trinajstić information content (AvgIpc) is 2.12. The number of aromatic nitrogens is 1. The molecule has 0 aliphatic rings. The number of oxazole rings is 1. The van der Waals surface area contributed by atoms with Crippen LogP contribution in [-0.4, -0.2) is 11.3 Å². The molecule has 0 unspecified atom stereocenters. The van der Waals surface area contributed by atoms with Gasteiger partial charge in [-0.1, -0.05) is 0 Å². The summed E-state index contributed by atoms with van der Waals surface area (Å²) in [5, 5.41) is 0. The summed E-state index contributed by atoms with van der Waals surface area (Å²) in [7, 11) is 0. The van der Waals surface area contributed by atoms with Crippen molar-refractivity contribution in [2.24, 2.45) is 0 Å². The van der Waals surface area contributed by atoms with Gasteiger partial charge in [-0.15, -0.1) is 13.2 Å². The van der Waals surface area contributed by atoms with E-state index in [4.69, 9.17) is 0 Å². The van der Waals surface area contributed by atoms with E-state index in [1.165, 1.54) is 0 Å². The molecule has 0 radical (unpaired) electrons. The number of hydrogen-bond acceptors (Lipinski definition) is 3. The molecule has 1 heterocycles. The molecule has 3 nitrogen and oxygen atoms in total. The van der Waals surface area contributed by atoms with Gasteiger partial charge in [0.2, 0.25) is 0 Å². The lowest BCUT2D eigenvalue weighted by atomic mass is 11.0. The van der Waals surface area contributed by atoms with Crippen molar-refractivity contribution in [3.05, 3.63) is 12.5 Å². The molecular formula is C4H2F3NO2. The van der Waals surface area contributed by atoms with Gasteiger partial charge in [-0.25, -0.2) is 0 Å².